The molecule has 8 nitrogen and oxygen atoms in total. The zero-order valence-corrected chi connectivity index (χ0v) is 16.2. The van der Waals surface area contributed by atoms with Gasteiger partial charge in [0.2, 0.25) is 0 Å². The molecule has 152 valence electrons. The van der Waals surface area contributed by atoms with Gasteiger partial charge in [0.25, 0.3) is 11.6 Å². The molecule has 8 heteroatoms. The van der Waals surface area contributed by atoms with Crippen molar-refractivity contribution in [2.45, 2.75) is 51.5 Å². The molecule has 2 fully saturated rings. The first-order chi connectivity index (χ1) is 13.4. The van der Waals surface area contributed by atoms with Gasteiger partial charge in [0.05, 0.1) is 10.5 Å². The Labute approximate surface area is 164 Å². The van der Waals surface area contributed by atoms with E-state index in [9.17, 15) is 19.7 Å². The van der Waals surface area contributed by atoms with E-state index in [1.807, 2.05) is 4.90 Å². The molecule has 1 aromatic carbocycles. The Hall–Kier alpha value is -2.64. The summed E-state index contributed by atoms with van der Waals surface area (Å²) in [5.74, 6) is -0.603. The number of carbonyl (C=O) groups is 2. The lowest BCUT2D eigenvalue weighted by atomic mass is 9.99. The SMILES string of the molecule is C[C@H]1CCCN(c2ccc(C(=O)OCC(=O)NC3CCCC3)cc2[N+](=O)[O-])C1. The van der Waals surface area contributed by atoms with Crippen LogP contribution in [0.4, 0.5) is 11.4 Å². The molecule has 0 bridgehead atoms. The second kappa shape index (κ2) is 9.03. The van der Waals surface area contributed by atoms with Crippen LogP contribution in [0.5, 0.6) is 0 Å². The monoisotopic (exact) mass is 389 g/mol. The third kappa shape index (κ3) is 4.99. The van der Waals surface area contributed by atoms with Crippen LogP contribution >= 0.6 is 0 Å². The minimum Gasteiger partial charge on any atom is -0.452 e. The van der Waals surface area contributed by atoms with E-state index in [0.29, 0.717) is 11.6 Å². The zero-order valence-electron chi connectivity index (χ0n) is 16.2. The van der Waals surface area contributed by atoms with Gasteiger partial charge in [-0.15, -0.1) is 0 Å². The van der Waals surface area contributed by atoms with Gasteiger partial charge in [0.1, 0.15) is 5.69 Å². The average molecular weight is 389 g/mol. The fraction of sp³-hybridized carbons (Fsp3) is 0.600. The number of carbonyl (C=O) groups excluding carboxylic acids is 2. The summed E-state index contributed by atoms with van der Waals surface area (Å²) in [7, 11) is 0. The highest BCUT2D eigenvalue weighted by Gasteiger charge is 2.26. The van der Waals surface area contributed by atoms with E-state index in [1.54, 1.807) is 6.07 Å². The van der Waals surface area contributed by atoms with E-state index in [-0.39, 0.29) is 29.8 Å². The third-order valence-corrected chi connectivity index (χ3v) is 5.46. The van der Waals surface area contributed by atoms with Crippen molar-refractivity contribution in [3.8, 4) is 0 Å². The number of esters is 1. The maximum absolute atomic E-state index is 12.3. The number of rotatable bonds is 6. The fourth-order valence-corrected chi connectivity index (χ4v) is 4.03. The molecule has 1 amide bonds. The Morgan fingerprint density at radius 2 is 2.00 bits per heavy atom. The molecule has 1 aliphatic carbocycles. The maximum atomic E-state index is 12.3. The molecule has 2 aliphatic rings. The predicted octanol–water partition coefficient (Wildman–Crippen LogP) is 3.05. The summed E-state index contributed by atoms with van der Waals surface area (Å²) < 4.78 is 5.05. The second-order valence-electron chi connectivity index (χ2n) is 7.78. The van der Waals surface area contributed by atoms with Crippen molar-refractivity contribution in [1.29, 1.82) is 0 Å². The van der Waals surface area contributed by atoms with Gasteiger partial charge in [-0.1, -0.05) is 19.8 Å². The lowest BCUT2D eigenvalue weighted by Gasteiger charge is -2.32. The lowest BCUT2D eigenvalue weighted by Crippen LogP contribution is -2.36. The lowest BCUT2D eigenvalue weighted by molar-refractivity contribution is -0.384. The van der Waals surface area contributed by atoms with Crippen molar-refractivity contribution in [2.75, 3.05) is 24.6 Å². The number of nitro groups is 1. The zero-order chi connectivity index (χ0) is 20.1. The molecule has 0 radical (unpaired) electrons. The normalized spacial score (nSPS) is 20.0. The van der Waals surface area contributed by atoms with E-state index >= 15 is 0 Å². The average Bonchev–Trinajstić information content (AvgIpc) is 3.18. The van der Waals surface area contributed by atoms with E-state index in [0.717, 1.165) is 51.6 Å². The number of hydrogen-bond donors (Lipinski definition) is 1. The van der Waals surface area contributed by atoms with Crippen LogP contribution in [-0.4, -0.2) is 42.5 Å². The van der Waals surface area contributed by atoms with Crippen LogP contribution in [0.3, 0.4) is 0 Å². The highest BCUT2D eigenvalue weighted by molar-refractivity contribution is 5.93. The topological polar surface area (TPSA) is 102 Å². The highest BCUT2D eigenvalue weighted by Crippen LogP contribution is 2.32. The Morgan fingerprint density at radius 1 is 1.25 bits per heavy atom. The summed E-state index contributed by atoms with van der Waals surface area (Å²) in [6.45, 7) is 3.26. The van der Waals surface area contributed by atoms with Crippen molar-refractivity contribution in [3.05, 3.63) is 33.9 Å². The molecular formula is C20H27N3O5. The van der Waals surface area contributed by atoms with E-state index in [2.05, 4.69) is 12.2 Å². The quantitative estimate of drug-likeness (QED) is 0.456. The van der Waals surface area contributed by atoms with E-state index in [4.69, 9.17) is 4.74 Å². The standard InChI is InChI=1S/C20H27N3O5/c1-14-5-4-10-22(12-14)17-9-8-15(11-18(17)23(26)27)20(25)28-13-19(24)21-16-6-2-3-7-16/h8-9,11,14,16H,2-7,10,12-13H2,1H3,(H,21,24)/t14-/m0/s1. The van der Waals surface area contributed by atoms with Crippen molar-refractivity contribution in [1.82, 2.24) is 5.32 Å². The van der Waals surface area contributed by atoms with Gasteiger partial charge in [-0.2, -0.15) is 0 Å². The first-order valence-electron chi connectivity index (χ1n) is 9.94. The predicted molar refractivity (Wildman–Crippen MR) is 104 cm³/mol. The molecule has 0 unspecified atom stereocenters. The molecule has 0 spiro atoms. The minimum absolute atomic E-state index is 0.0779. The van der Waals surface area contributed by atoms with Crippen LogP contribution < -0.4 is 10.2 Å². The van der Waals surface area contributed by atoms with Crippen molar-refractivity contribution >= 4 is 23.3 Å². The number of nitrogens with one attached hydrogen (secondary N) is 1. The summed E-state index contributed by atoms with van der Waals surface area (Å²) >= 11 is 0. The second-order valence-corrected chi connectivity index (χ2v) is 7.78. The van der Waals surface area contributed by atoms with Crippen LogP contribution in [0, 0.1) is 16.0 Å². The van der Waals surface area contributed by atoms with Crippen molar-refractivity contribution < 1.29 is 19.2 Å². The van der Waals surface area contributed by atoms with Crippen LogP contribution in [0.15, 0.2) is 18.2 Å². The number of nitro benzene ring substituents is 1. The van der Waals surface area contributed by atoms with Gasteiger partial charge < -0.3 is 15.0 Å². The van der Waals surface area contributed by atoms with Gasteiger partial charge in [-0.25, -0.2) is 4.79 Å². The molecular weight excluding hydrogens is 362 g/mol. The Balaban J connectivity index is 1.64. The third-order valence-electron chi connectivity index (χ3n) is 5.46. The number of benzene rings is 1. The molecule has 0 aromatic heterocycles. The molecule has 1 saturated heterocycles. The first-order valence-corrected chi connectivity index (χ1v) is 9.94. The largest absolute Gasteiger partial charge is 0.452 e. The molecule has 1 saturated carbocycles. The van der Waals surface area contributed by atoms with E-state index < -0.39 is 10.9 Å². The van der Waals surface area contributed by atoms with Gasteiger partial charge in [0.15, 0.2) is 6.61 Å². The first kappa shape index (κ1) is 20.1. The molecule has 1 atom stereocenters. The number of hydrogen-bond acceptors (Lipinski definition) is 6. The van der Waals surface area contributed by atoms with Gasteiger partial charge >= 0.3 is 5.97 Å². The Bertz CT molecular complexity index is 745. The fourth-order valence-electron chi connectivity index (χ4n) is 4.03. The molecule has 1 aliphatic heterocycles. The number of ether oxygens (including phenoxy) is 1. The number of piperidine rings is 1. The van der Waals surface area contributed by atoms with Crippen molar-refractivity contribution in [3.63, 3.8) is 0 Å². The molecule has 3 rings (SSSR count). The van der Waals surface area contributed by atoms with Crippen molar-refractivity contribution in [2.24, 2.45) is 5.92 Å². The van der Waals surface area contributed by atoms with Crippen LogP contribution in [0.1, 0.15) is 55.8 Å². The summed E-state index contributed by atoms with van der Waals surface area (Å²) in [5, 5.41) is 14.4. The van der Waals surface area contributed by atoms with Crippen LogP contribution in [0.25, 0.3) is 0 Å². The van der Waals surface area contributed by atoms with Crippen LogP contribution in [-0.2, 0) is 9.53 Å². The molecule has 1 heterocycles. The molecule has 1 N–H and O–H groups in total. The van der Waals surface area contributed by atoms with E-state index in [1.165, 1.54) is 12.1 Å². The summed E-state index contributed by atoms with van der Waals surface area (Å²) in [5.41, 5.74) is 0.486. The number of amides is 1. The smallest absolute Gasteiger partial charge is 0.338 e. The van der Waals surface area contributed by atoms with Gasteiger partial charge in [0, 0.05) is 25.2 Å². The van der Waals surface area contributed by atoms with Gasteiger partial charge in [-0.3, -0.25) is 14.9 Å². The molecule has 28 heavy (non-hydrogen) atoms. The highest BCUT2D eigenvalue weighted by atomic mass is 16.6. The summed E-state index contributed by atoms with van der Waals surface area (Å²) in [6.07, 6.45) is 6.17. The summed E-state index contributed by atoms with van der Waals surface area (Å²) in [6, 6.07) is 4.52. The Kier molecular flexibility index (Phi) is 6.49. The number of nitrogens with zero attached hydrogens (tertiary/aromatic N) is 2. The number of anilines is 1. The summed E-state index contributed by atoms with van der Waals surface area (Å²) in [4.78, 5) is 37.2. The Morgan fingerprint density at radius 3 is 2.68 bits per heavy atom. The van der Waals surface area contributed by atoms with Gasteiger partial charge in [-0.05, 0) is 43.7 Å². The maximum Gasteiger partial charge on any atom is 0.338 e. The van der Waals surface area contributed by atoms with Crippen LogP contribution in [0.2, 0.25) is 0 Å². The minimum atomic E-state index is -0.733. The molecule has 1 aromatic rings.